The van der Waals surface area contributed by atoms with Gasteiger partial charge >= 0.3 is 6.03 Å². The van der Waals surface area contributed by atoms with Crippen molar-refractivity contribution in [2.75, 3.05) is 31.6 Å². The van der Waals surface area contributed by atoms with Crippen LogP contribution in [-0.4, -0.2) is 59.1 Å². The Balaban J connectivity index is 1.42. The van der Waals surface area contributed by atoms with Gasteiger partial charge in [-0.15, -0.1) is 0 Å². The number of para-hydroxylation sites is 1. The molecule has 0 spiro atoms. The standard InChI is InChI=1S/C20H27N5O2/c1-15-12-19(25(23-15)16-8-4-2-5-9-16)22-20(26)21-17-13-27-14-18(17)24-10-6-3-7-11-24/h2,4-5,8-9,12,17-18H,3,6-7,10-11,13-14H2,1H3,(H2,21,22,26)/t17-,18-/m1/s1. The van der Waals surface area contributed by atoms with E-state index in [9.17, 15) is 4.79 Å². The molecule has 0 bridgehead atoms. The van der Waals surface area contributed by atoms with Crippen LogP contribution >= 0.6 is 0 Å². The molecule has 27 heavy (non-hydrogen) atoms. The number of anilines is 1. The Hall–Kier alpha value is -2.38. The molecule has 1 aromatic carbocycles. The SMILES string of the molecule is Cc1cc(NC(=O)N[C@@H]2COC[C@H]2N2CCCCC2)n(-c2ccccc2)n1. The third-order valence-electron chi connectivity index (χ3n) is 5.30. The van der Waals surface area contributed by atoms with Gasteiger partial charge in [0.05, 0.1) is 36.7 Å². The molecule has 2 aliphatic heterocycles. The minimum Gasteiger partial charge on any atom is -0.378 e. The molecule has 144 valence electrons. The predicted molar refractivity (Wildman–Crippen MR) is 104 cm³/mol. The monoisotopic (exact) mass is 369 g/mol. The van der Waals surface area contributed by atoms with Gasteiger partial charge < -0.3 is 10.1 Å². The Morgan fingerprint density at radius 3 is 2.70 bits per heavy atom. The first-order valence-corrected chi connectivity index (χ1v) is 9.72. The van der Waals surface area contributed by atoms with Crippen LogP contribution in [0, 0.1) is 6.92 Å². The molecule has 2 N–H and O–H groups in total. The maximum absolute atomic E-state index is 12.7. The maximum atomic E-state index is 12.7. The number of hydrogen-bond donors (Lipinski definition) is 2. The molecule has 4 rings (SSSR count). The molecule has 2 saturated heterocycles. The first-order valence-electron chi connectivity index (χ1n) is 9.72. The number of aromatic nitrogens is 2. The molecule has 3 heterocycles. The molecule has 0 radical (unpaired) electrons. The number of benzene rings is 1. The summed E-state index contributed by atoms with van der Waals surface area (Å²) in [7, 11) is 0. The molecular weight excluding hydrogens is 342 g/mol. The third-order valence-corrected chi connectivity index (χ3v) is 5.30. The van der Waals surface area contributed by atoms with E-state index in [1.54, 1.807) is 4.68 Å². The first kappa shape index (κ1) is 18.0. The lowest BCUT2D eigenvalue weighted by Gasteiger charge is -2.34. The molecule has 0 unspecified atom stereocenters. The number of carbonyl (C=O) groups is 1. The van der Waals surface area contributed by atoms with Gasteiger partial charge in [0.1, 0.15) is 5.82 Å². The third kappa shape index (κ3) is 4.14. The highest BCUT2D eigenvalue weighted by Crippen LogP contribution is 2.20. The maximum Gasteiger partial charge on any atom is 0.320 e. The fourth-order valence-corrected chi connectivity index (χ4v) is 3.97. The summed E-state index contributed by atoms with van der Waals surface area (Å²) in [4.78, 5) is 15.1. The molecule has 2 atom stereocenters. The van der Waals surface area contributed by atoms with Gasteiger partial charge in [0, 0.05) is 6.07 Å². The fourth-order valence-electron chi connectivity index (χ4n) is 3.97. The number of piperidine rings is 1. The zero-order valence-electron chi connectivity index (χ0n) is 15.7. The van der Waals surface area contributed by atoms with E-state index in [1.165, 1.54) is 19.3 Å². The highest BCUT2D eigenvalue weighted by Gasteiger charge is 2.34. The Morgan fingerprint density at radius 1 is 1.15 bits per heavy atom. The van der Waals surface area contributed by atoms with Crippen molar-refractivity contribution in [1.29, 1.82) is 0 Å². The molecule has 7 nitrogen and oxygen atoms in total. The van der Waals surface area contributed by atoms with E-state index in [0.717, 1.165) is 24.5 Å². The predicted octanol–water partition coefficient (Wildman–Crippen LogP) is 2.56. The summed E-state index contributed by atoms with van der Waals surface area (Å²) >= 11 is 0. The molecule has 0 saturated carbocycles. The van der Waals surface area contributed by atoms with E-state index in [0.29, 0.717) is 19.0 Å². The number of amides is 2. The van der Waals surface area contributed by atoms with Crippen LogP contribution < -0.4 is 10.6 Å². The van der Waals surface area contributed by atoms with Crippen LogP contribution in [0.4, 0.5) is 10.6 Å². The number of likely N-dealkylation sites (tertiary alicyclic amines) is 1. The summed E-state index contributed by atoms with van der Waals surface area (Å²) in [5.41, 5.74) is 1.76. The minimum absolute atomic E-state index is 0.0114. The molecule has 2 aromatic rings. The highest BCUT2D eigenvalue weighted by molar-refractivity contribution is 5.89. The van der Waals surface area contributed by atoms with Crippen molar-refractivity contribution in [3.63, 3.8) is 0 Å². The van der Waals surface area contributed by atoms with Crippen molar-refractivity contribution in [3.05, 3.63) is 42.1 Å². The topological polar surface area (TPSA) is 71.4 Å². The molecule has 2 aliphatic rings. The van der Waals surface area contributed by atoms with E-state index in [1.807, 2.05) is 43.3 Å². The van der Waals surface area contributed by atoms with Crippen molar-refractivity contribution in [3.8, 4) is 5.69 Å². The first-order chi connectivity index (χ1) is 13.2. The van der Waals surface area contributed by atoms with Gasteiger partial charge in [-0.3, -0.25) is 10.2 Å². The van der Waals surface area contributed by atoms with Crippen LogP contribution in [0.25, 0.3) is 5.69 Å². The summed E-state index contributed by atoms with van der Waals surface area (Å²) < 4.78 is 7.42. The van der Waals surface area contributed by atoms with E-state index < -0.39 is 0 Å². The average molecular weight is 369 g/mol. The van der Waals surface area contributed by atoms with Gasteiger partial charge in [-0.25, -0.2) is 9.48 Å². The number of ether oxygens (including phenoxy) is 1. The Labute approximate surface area is 159 Å². The van der Waals surface area contributed by atoms with E-state index in [4.69, 9.17) is 4.74 Å². The number of carbonyl (C=O) groups excluding carboxylic acids is 1. The highest BCUT2D eigenvalue weighted by atomic mass is 16.5. The number of hydrogen-bond acceptors (Lipinski definition) is 4. The van der Waals surface area contributed by atoms with Crippen molar-refractivity contribution in [2.45, 2.75) is 38.3 Å². The normalized spacial score (nSPS) is 23.3. The molecule has 0 aliphatic carbocycles. The Morgan fingerprint density at radius 2 is 1.93 bits per heavy atom. The lowest BCUT2D eigenvalue weighted by molar-refractivity contribution is 0.125. The van der Waals surface area contributed by atoms with Crippen LogP contribution in [0.3, 0.4) is 0 Å². The summed E-state index contributed by atoms with van der Waals surface area (Å²) in [6, 6.07) is 11.7. The average Bonchev–Trinajstić information content (AvgIpc) is 3.29. The van der Waals surface area contributed by atoms with Gasteiger partial charge in [-0.05, 0) is 45.0 Å². The van der Waals surface area contributed by atoms with Gasteiger partial charge in [0.25, 0.3) is 0 Å². The second kappa shape index (κ2) is 8.10. The van der Waals surface area contributed by atoms with Crippen LogP contribution in [0.2, 0.25) is 0 Å². The van der Waals surface area contributed by atoms with Gasteiger partial charge in [-0.1, -0.05) is 24.6 Å². The zero-order chi connectivity index (χ0) is 18.6. The fraction of sp³-hybridized carbons (Fsp3) is 0.500. The van der Waals surface area contributed by atoms with Crippen LogP contribution in [0.1, 0.15) is 25.0 Å². The van der Waals surface area contributed by atoms with Crippen LogP contribution in [0.15, 0.2) is 36.4 Å². The largest absolute Gasteiger partial charge is 0.378 e. The number of rotatable bonds is 4. The quantitative estimate of drug-likeness (QED) is 0.869. The van der Waals surface area contributed by atoms with Gasteiger partial charge in [0.2, 0.25) is 0 Å². The summed E-state index contributed by atoms with van der Waals surface area (Å²) in [5, 5.41) is 10.6. The van der Waals surface area contributed by atoms with E-state index >= 15 is 0 Å². The van der Waals surface area contributed by atoms with Gasteiger partial charge in [-0.2, -0.15) is 5.10 Å². The summed E-state index contributed by atoms with van der Waals surface area (Å²) in [5.74, 6) is 0.657. The number of urea groups is 1. The summed E-state index contributed by atoms with van der Waals surface area (Å²) in [6.45, 7) is 5.35. The Kier molecular flexibility index (Phi) is 5.40. The van der Waals surface area contributed by atoms with Crippen molar-refractivity contribution < 1.29 is 9.53 Å². The van der Waals surface area contributed by atoms with Crippen LogP contribution in [0.5, 0.6) is 0 Å². The van der Waals surface area contributed by atoms with Crippen molar-refractivity contribution in [1.82, 2.24) is 20.0 Å². The van der Waals surface area contributed by atoms with E-state index in [2.05, 4.69) is 20.6 Å². The second-order valence-electron chi connectivity index (χ2n) is 7.32. The smallest absolute Gasteiger partial charge is 0.320 e. The number of nitrogens with zero attached hydrogens (tertiary/aromatic N) is 3. The zero-order valence-corrected chi connectivity index (χ0v) is 15.7. The lowest BCUT2D eigenvalue weighted by atomic mass is 10.1. The number of nitrogens with one attached hydrogen (secondary N) is 2. The summed E-state index contributed by atoms with van der Waals surface area (Å²) in [6.07, 6.45) is 3.75. The molecular formula is C20H27N5O2. The van der Waals surface area contributed by atoms with Crippen LogP contribution in [-0.2, 0) is 4.74 Å². The Bertz CT molecular complexity index is 770. The lowest BCUT2D eigenvalue weighted by Crippen LogP contribution is -2.53. The molecule has 7 heteroatoms. The number of aryl methyl sites for hydroxylation is 1. The van der Waals surface area contributed by atoms with Crippen molar-refractivity contribution >= 4 is 11.8 Å². The molecule has 2 amide bonds. The van der Waals surface area contributed by atoms with Crippen molar-refractivity contribution in [2.24, 2.45) is 0 Å². The molecule has 1 aromatic heterocycles. The minimum atomic E-state index is -0.218. The molecule has 2 fully saturated rings. The second-order valence-corrected chi connectivity index (χ2v) is 7.32. The van der Waals surface area contributed by atoms with Gasteiger partial charge in [0.15, 0.2) is 0 Å². The van der Waals surface area contributed by atoms with E-state index in [-0.39, 0.29) is 18.1 Å².